The number of methoxy groups -OCH3 is 1. The van der Waals surface area contributed by atoms with Crippen LogP contribution in [0.4, 0.5) is 0 Å². The second kappa shape index (κ2) is 10.5. The summed E-state index contributed by atoms with van der Waals surface area (Å²) in [6.07, 6.45) is 1.66. The lowest BCUT2D eigenvalue weighted by atomic mass is 9.90. The predicted molar refractivity (Wildman–Crippen MR) is 129 cm³/mol. The highest BCUT2D eigenvalue weighted by Gasteiger charge is 2.28. The van der Waals surface area contributed by atoms with Gasteiger partial charge in [0.1, 0.15) is 5.75 Å². The molecule has 2 unspecified atom stereocenters. The predicted octanol–water partition coefficient (Wildman–Crippen LogP) is 4.72. The topological polar surface area (TPSA) is 41.6 Å². The molecule has 166 valence electrons. The van der Waals surface area contributed by atoms with E-state index in [0.717, 1.165) is 37.4 Å². The molecule has 1 amide bonds. The lowest BCUT2D eigenvalue weighted by Crippen LogP contribution is -2.40. The largest absolute Gasteiger partial charge is 0.497 e. The van der Waals surface area contributed by atoms with Gasteiger partial charge in [0.25, 0.3) is 0 Å². The average molecular weight is 429 g/mol. The number of likely N-dealkylation sites (tertiary alicyclic amines) is 1. The third-order valence-electron chi connectivity index (χ3n) is 6.26. The smallest absolute Gasteiger partial charge is 0.228 e. The number of benzene rings is 3. The van der Waals surface area contributed by atoms with Gasteiger partial charge >= 0.3 is 0 Å². The molecule has 0 saturated carbocycles. The van der Waals surface area contributed by atoms with Crippen LogP contribution in [0, 0.1) is 6.92 Å². The summed E-state index contributed by atoms with van der Waals surface area (Å²) in [6, 6.07) is 27.0. The molecule has 1 aliphatic heterocycles. The molecule has 4 heteroatoms. The van der Waals surface area contributed by atoms with Crippen LogP contribution < -0.4 is 10.1 Å². The van der Waals surface area contributed by atoms with Crippen molar-refractivity contribution in [2.24, 2.45) is 0 Å². The SMILES string of the molecule is COc1ccc(C(Cc2ccc(C)cc2)C(=O)NC2CCN(Cc3ccccc3)C2)cc1. The standard InChI is InChI=1S/C28H32N2O2/c1-21-8-10-22(11-9-21)18-27(24-12-14-26(32-2)15-13-24)28(31)29-25-16-17-30(20-25)19-23-6-4-3-5-7-23/h3-15,25,27H,16-20H2,1-2H3,(H,29,31). The summed E-state index contributed by atoms with van der Waals surface area (Å²) in [5, 5.41) is 3.34. The van der Waals surface area contributed by atoms with Crippen LogP contribution in [-0.4, -0.2) is 37.0 Å². The summed E-state index contributed by atoms with van der Waals surface area (Å²) in [5.41, 5.74) is 4.73. The lowest BCUT2D eigenvalue weighted by Gasteiger charge is -2.21. The van der Waals surface area contributed by atoms with Gasteiger partial charge in [0, 0.05) is 25.7 Å². The number of amides is 1. The summed E-state index contributed by atoms with van der Waals surface area (Å²) >= 11 is 0. The summed E-state index contributed by atoms with van der Waals surface area (Å²) in [7, 11) is 1.66. The number of rotatable bonds is 8. The minimum absolute atomic E-state index is 0.0994. The average Bonchev–Trinajstić information content (AvgIpc) is 3.26. The summed E-state index contributed by atoms with van der Waals surface area (Å²) in [4.78, 5) is 15.8. The van der Waals surface area contributed by atoms with Gasteiger partial charge in [-0.3, -0.25) is 9.69 Å². The molecule has 1 aliphatic rings. The van der Waals surface area contributed by atoms with Crippen LogP contribution in [0.3, 0.4) is 0 Å². The zero-order chi connectivity index (χ0) is 22.3. The normalized spacial score (nSPS) is 17.1. The second-order valence-electron chi connectivity index (χ2n) is 8.73. The van der Waals surface area contributed by atoms with Gasteiger partial charge in [0.2, 0.25) is 5.91 Å². The van der Waals surface area contributed by atoms with Crippen molar-refractivity contribution < 1.29 is 9.53 Å². The van der Waals surface area contributed by atoms with E-state index < -0.39 is 0 Å². The maximum atomic E-state index is 13.4. The van der Waals surface area contributed by atoms with Gasteiger partial charge in [-0.1, -0.05) is 72.3 Å². The van der Waals surface area contributed by atoms with Crippen LogP contribution in [0.25, 0.3) is 0 Å². The number of carbonyl (C=O) groups is 1. The summed E-state index contributed by atoms with van der Waals surface area (Å²) < 4.78 is 5.30. The quantitative estimate of drug-likeness (QED) is 0.564. The molecule has 0 aliphatic carbocycles. The third-order valence-corrected chi connectivity index (χ3v) is 6.26. The van der Waals surface area contributed by atoms with Crippen molar-refractivity contribution in [2.75, 3.05) is 20.2 Å². The van der Waals surface area contributed by atoms with E-state index in [4.69, 9.17) is 4.74 Å². The van der Waals surface area contributed by atoms with Crippen LogP contribution in [0.2, 0.25) is 0 Å². The van der Waals surface area contributed by atoms with Crippen LogP contribution in [0.15, 0.2) is 78.9 Å². The second-order valence-corrected chi connectivity index (χ2v) is 8.73. The molecule has 4 nitrogen and oxygen atoms in total. The highest BCUT2D eigenvalue weighted by atomic mass is 16.5. The van der Waals surface area contributed by atoms with Crippen LogP contribution in [-0.2, 0) is 17.8 Å². The van der Waals surface area contributed by atoms with Gasteiger partial charge in [0.05, 0.1) is 13.0 Å². The Morgan fingerprint density at radius 2 is 1.72 bits per heavy atom. The van der Waals surface area contributed by atoms with E-state index >= 15 is 0 Å². The molecular weight excluding hydrogens is 396 g/mol. The van der Waals surface area contributed by atoms with Crippen molar-refractivity contribution in [3.05, 3.63) is 101 Å². The highest BCUT2D eigenvalue weighted by Crippen LogP contribution is 2.25. The van der Waals surface area contributed by atoms with E-state index in [1.54, 1.807) is 7.11 Å². The zero-order valence-corrected chi connectivity index (χ0v) is 19.0. The molecule has 0 radical (unpaired) electrons. The third kappa shape index (κ3) is 5.77. The Bertz CT molecular complexity index is 1000. The minimum atomic E-state index is -0.230. The molecule has 0 spiro atoms. The van der Waals surface area contributed by atoms with Crippen molar-refractivity contribution in [3.8, 4) is 5.75 Å². The Morgan fingerprint density at radius 1 is 1.00 bits per heavy atom. The number of nitrogens with one attached hydrogen (secondary N) is 1. The van der Waals surface area contributed by atoms with Gasteiger partial charge in [-0.2, -0.15) is 0 Å². The maximum absolute atomic E-state index is 13.4. The van der Waals surface area contributed by atoms with Gasteiger partial charge in [-0.15, -0.1) is 0 Å². The molecule has 2 atom stereocenters. The van der Waals surface area contributed by atoms with Crippen molar-refractivity contribution in [3.63, 3.8) is 0 Å². The van der Waals surface area contributed by atoms with E-state index in [9.17, 15) is 4.79 Å². The van der Waals surface area contributed by atoms with E-state index in [-0.39, 0.29) is 17.9 Å². The molecule has 3 aromatic rings. The van der Waals surface area contributed by atoms with Crippen LogP contribution in [0.5, 0.6) is 5.75 Å². The van der Waals surface area contributed by atoms with E-state index in [0.29, 0.717) is 6.42 Å². The van der Waals surface area contributed by atoms with Crippen LogP contribution >= 0.6 is 0 Å². The van der Waals surface area contributed by atoms with Crippen molar-refractivity contribution in [1.82, 2.24) is 10.2 Å². The number of hydrogen-bond donors (Lipinski definition) is 1. The molecule has 4 rings (SSSR count). The van der Waals surface area contributed by atoms with Crippen molar-refractivity contribution in [2.45, 2.75) is 38.3 Å². The number of hydrogen-bond acceptors (Lipinski definition) is 3. The first-order chi connectivity index (χ1) is 15.6. The minimum Gasteiger partial charge on any atom is -0.497 e. The van der Waals surface area contributed by atoms with Gasteiger partial charge in [0.15, 0.2) is 0 Å². The molecular formula is C28H32N2O2. The monoisotopic (exact) mass is 428 g/mol. The molecule has 3 aromatic carbocycles. The van der Waals surface area contributed by atoms with Gasteiger partial charge < -0.3 is 10.1 Å². The molecule has 32 heavy (non-hydrogen) atoms. The Kier molecular flexibility index (Phi) is 7.23. The Labute approximate surface area is 191 Å². The maximum Gasteiger partial charge on any atom is 0.228 e. The Hall–Kier alpha value is -3.11. The van der Waals surface area contributed by atoms with Crippen molar-refractivity contribution in [1.29, 1.82) is 0 Å². The van der Waals surface area contributed by atoms with E-state index in [2.05, 4.69) is 65.7 Å². The molecule has 1 N–H and O–H groups in total. The fraction of sp³-hybridized carbons (Fsp3) is 0.321. The Balaban J connectivity index is 1.44. The van der Waals surface area contributed by atoms with E-state index in [1.807, 2.05) is 30.3 Å². The molecule has 1 heterocycles. The molecule has 0 bridgehead atoms. The summed E-state index contributed by atoms with van der Waals surface area (Å²) in [5.74, 6) is 0.671. The number of carbonyl (C=O) groups excluding carboxylic acids is 1. The lowest BCUT2D eigenvalue weighted by molar-refractivity contribution is -0.123. The fourth-order valence-electron chi connectivity index (χ4n) is 4.40. The first-order valence-corrected chi connectivity index (χ1v) is 11.4. The van der Waals surface area contributed by atoms with E-state index in [1.165, 1.54) is 16.7 Å². The molecule has 0 aromatic heterocycles. The first-order valence-electron chi connectivity index (χ1n) is 11.4. The van der Waals surface area contributed by atoms with Gasteiger partial charge in [-0.05, 0) is 48.6 Å². The highest BCUT2D eigenvalue weighted by molar-refractivity contribution is 5.84. The molecule has 1 saturated heterocycles. The Morgan fingerprint density at radius 3 is 2.41 bits per heavy atom. The fourth-order valence-corrected chi connectivity index (χ4v) is 4.40. The zero-order valence-electron chi connectivity index (χ0n) is 19.0. The first kappa shape index (κ1) is 22.1. The molecule has 1 fully saturated rings. The summed E-state index contributed by atoms with van der Waals surface area (Å²) in [6.45, 7) is 4.91. The number of ether oxygens (including phenoxy) is 1. The number of nitrogens with zero attached hydrogens (tertiary/aromatic N) is 1. The van der Waals surface area contributed by atoms with Crippen molar-refractivity contribution >= 4 is 5.91 Å². The van der Waals surface area contributed by atoms with Crippen LogP contribution in [0.1, 0.15) is 34.6 Å². The number of aryl methyl sites for hydroxylation is 1. The van der Waals surface area contributed by atoms with Gasteiger partial charge in [-0.25, -0.2) is 0 Å².